The lowest BCUT2D eigenvalue weighted by Gasteiger charge is -2.27. The Labute approximate surface area is 182 Å². The van der Waals surface area contributed by atoms with Crippen LogP contribution in [0.5, 0.6) is 0 Å². The summed E-state index contributed by atoms with van der Waals surface area (Å²) >= 11 is -2.43. The summed E-state index contributed by atoms with van der Waals surface area (Å²) in [6, 6.07) is 0. The van der Waals surface area contributed by atoms with Crippen molar-refractivity contribution < 1.29 is 50.5 Å². The van der Waals surface area contributed by atoms with E-state index in [1.54, 1.807) is 0 Å². The Morgan fingerprint density at radius 1 is 0.414 bits per heavy atom. The fourth-order valence-corrected chi connectivity index (χ4v) is 88.7. The highest BCUT2D eigenvalue weighted by atomic mass is 32.8. The second-order valence-electron chi connectivity index (χ2n) is 6.85. The molecule has 0 bridgehead atoms. The Morgan fingerprint density at radius 3 is 0.655 bits per heavy atom. The maximum absolute atomic E-state index is 12.3. The van der Waals surface area contributed by atoms with Gasteiger partial charge in [0.05, 0.1) is 0 Å². The molecule has 0 saturated carbocycles. The highest BCUT2D eigenvalue weighted by Crippen LogP contribution is 2.33. The summed E-state index contributed by atoms with van der Waals surface area (Å²) in [7, 11) is -28.2. The molecule has 12 nitrogen and oxygen atoms in total. The van der Waals surface area contributed by atoms with E-state index >= 15 is 0 Å². The van der Waals surface area contributed by atoms with Gasteiger partial charge in [0.25, 0.3) is 0 Å². The quantitative estimate of drug-likeness (QED) is 0.233. The van der Waals surface area contributed by atoms with Crippen LogP contribution in [0.2, 0.25) is 8.35 Å². The largest absolute Gasteiger partial charge is 0.429 e. The molecule has 0 spiro atoms. The topological polar surface area (TPSA) is 205 Å². The molecule has 21 heteroatoms. The van der Waals surface area contributed by atoms with E-state index in [1.807, 2.05) is 0 Å². The van der Waals surface area contributed by atoms with Gasteiger partial charge in [0.15, 0.2) is 55.7 Å². The number of rotatable bonds is 10. The summed E-state index contributed by atoms with van der Waals surface area (Å²) in [5.41, 5.74) is -10.5. The monoisotopic (exact) mass is 582 g/mol. The van der Waals surface area contributed by atoms with E-state index in [0.717, 1.165) is 0 Å². The van der Waals surface area contributed by atoms with Gasteiger partial charge < -0.3 is 0 Å². The molecular formula is C8H22MgO12S6Si2. The van der Waals surface area contributed by atoms with Crippen molar-refractivity contribution in [3.05, 3.63) is 0 Å². The third kappa shape index (κ3) is 5.29. The van der Waals surface area contributed by atoms with E-state index in [1.165, 1.54) is 0 Å². The van der Waals surface area contributed by atoms with Crippen molar-refractivity contribution in [2.45, 2.75) is 8.35 Å². The second kappa shape index (κ2) is 8.35. The van der Waals surface area contributed by atoms with Crippen LogP contribution in [0.4, 0.5) is 0 Å². The summed E-state index contributed by atoms with van der Waals surface area (Å²) in [6.45, 7) is 0. The minimum atomic E-state index is -5.26. The van der Waals surface area contributed by atoms with E-state index in [2.05, 4.69) is 0 Å². The maximum Gasteiger partial charge on any atom is 0.429 e. The summed E-state index contributed by atoms with van der Waals surface area (Å²) in [5.74, 6) is 0. The van der Waals surface area contributed by atoms with Gasteiger partial charge in [0.2, 0.25) is 0 Å². The van der Waals surface area contributed by atoms with E-state index in [4.69, 9.17) is 0 Å². The predicted octanol–water partition coefficient (Wildman–Crippen LogP) is -3.25. The Hall–Kier alpha value is 0.900. The minimum absolute atomic E-state index is 0.435. The van der Waals surface area contributed by atoms with Crippen LogP contribution in [-0.4, -0.2) is 119 Å². The average Bonchev–Trinajstić information content (AvgIpc) is 2.27. The van der Waals surface area contributed by atoms with Crippen LogP contribution < -0.4 is 0 Å². The summed E-state index contributed by atoms with van der Waals surface area (Å²) < 4.78 is 145. The molecule has 0 unspecified atom stereocenters. The molecule has 0 N–H and O–H groups in total. The van der Waals surface area contributed by atoms with E-state index < -0.39 is 95.5 Å². The first-order chi connectivity index (χ1) is 12.2. The Kier molecular flexibility index (Phi) is 8.61. The van der Waals surface area contributed by atoms with Crippen molar-refractivity contribution in [1.29, 1.82) is 0 Å². The van der Waals surface area contributed by atoms with E-state index in [0.29, 0.717) is 37.5 Å². The fourth-order valence-electron chi connectivity index (χ4n) is 3.28. The highest BCUT2D eigenvalue weighted by molar-refractivity contribution is 8.74. The number of hydrogen-bond acceptors (Lipinski definition) is 12. The van der Waals surface area contributed by atoms with Gasteiger partial charge in [-0.1, -0.05) is 0 Å². The van der Waals surface area contributed by atoms with Gasteiger partial charge in [-0.25, -0.2) is 50.5 Å². The predicted molar refractivity (Wildman–Crippen MR) is 116 cm³/mol. The molecular weight excluding hydrogens is 561 g/mol. The molecule has 0 aromatic carbocycles. The zero-order valence-corrected chi connectivity index (χ0v) is 24.8. The average molecular weight is 583 g/mol. The molecule has 0 atom stereocenters. The normalized spacial score (nSPS) is 15.7. The molecule has 0 aliphatic carbocycles. The molecule has 29 heavy (non-hydrogen) atoms. The first-order valence-electron chi connectivity index (χ1n) is 7.38. The molecule has 0 aliphatic rings. The Morgan fingerprint density at radius 2 is 0.552 bits per heavy atom. The van der Waals surface area contributed by atoms with Crippen LogP contribution in [-0.2, 0) is 55.7 Å². The molecule has 0 fully saturated rings. The summed E-state index contributed by atoms with van der Waals surface area (Å²) in [5, 5.41) is 0. The molecule has 0 saturated heterocycles. The third-order valence-electron chi connectivity index (χ3n) is 4.36. The molecule has 0 aromatic rings. The fraction of sp³-hybridized carbons (Fsp3) is 1.00. The molecule has 0 amide bonds. The van der Waals surface area contributed by atoms with Crippen molar-refractivity contribution in [2.75, 3.05) is 37.5 Å². The lowest BCUT2D eigenvalue weighted by Crippen LogP contribution is -2.61. The molecule has 0 rings (SSSR count). The second-order valence-corrected chi connectivity index (χ2v) is 54.1. The lowest BCUT2D eigenvalue weighted by molar-refractivity contribution is 0.600. The van der Waals surface area contributed by atoms with Gasteiger partial charge in [-0.15, -0.1) is 8.35 Å². The maximum atomic E-state index is 12.3. The van der Waals surface area contributed by atoms with Crippen LogP contribution in [0.3, 0.4) is 0 Å². The van der Waals surface area contributed by atoms with Crippen LogP contribution >= 0.6 is 0 Å². The smallest absolute Gasteiger partial charge is 0.234 e. The summed E-state index contributed by atoms with van der Waals surface area (Å²) in [4.78, 5) is 0. The minimum Gasteiger partial charge on any atom is -0.234 e. The highest BCUT2D eigenvalue weighted by Gasteiger charge is 2.67. The molecule has 0 aliphatic heterocycles. The van der Waals surface area contributed by atoms with Crippen molar-refractivity contribution >= 4 is 87.1 Å². The van der Waals surface area contributed by atoms with Gasteiger partial charge >= 0.3 is 31.4 Å². The van der Waals surface area contributed by atoms with Crippen LogP contribution in [0, 0.1) is 0 Å². The van der Waals surface area contributed by atoms with Gasteiger partial charge in [0, 0.05) is 37.5 Å². The zero-order valence-electron chi connectivity index (χ0n) is 16.5. The van der Waals surface area contributed by atoms with Crippen molar-refractivity contribution in [2.24, 2.45) is 0 Å². The van der Waals surface area contributed by atoms with E-state index in [-0.39, 0.29) is 0 Å². The molecule has 0 heterocycles. The van der Waals surface area contributed by atoms with Crippen LogP contribution in [0.25, 0.3) is 0 Å². The van der Waals surface area contributed by atoms with Gasteiger partial charge in [-0.05, 0) is 0 Å². The standard InChI is InChI=1S/2C4H11O6S3Si.Mg/c2*1-11(5,6)14(4,12(2,7)8)13(3,9)10;/h2*4H2,1-3H3;. The van der Waals surface area contributed by atoms with Crippen molar-refractivity contribution in [1.82, 2.24) is 0 Å². The Bertz CT molecular complexity index is 1040. The SMILES string of the molecule is CS(=O)(=O)[Si]([CH2][Mg][CH2][Si](S(C)(=O)=O)(S(C)(=O)=O)S(C)(=O)=O)(S(C)(=O)=O)S(C)(=O)=O. The molecule has 0 aromatic heterocycles. The van der Waals surface area contributed by atoms with Crippen molar-refractivity contribution in [3.63, 3.8) is 0 Å². The summed E-state index contributed by atoms with van der Waals surface area (Å²) in [6.07, 6.45) is 2.61. The van der Waals surface area contributed by atoms with Gasteiger partial charge in [0.1, 0.15) is 0 Å². The lowest BCUT2D eigenvalue weighted by atomic mass is 11.8. The van der Waals surface area contributed by atoms with Gasteiger partial charge in [-0.2, -0.15) is 0 Å². The first-order valence-corrected chi connectivity index (χ1v) is 29.5. The number of hydrogen-bond donors (Lipinski definition) is 0. The third-order valence-corrected chi connectivity index (χ3v) is 82.9. The first kappa shape index (κ1) is 29.9. The van der Waals surface area contributed by atoms with E-state index in [9.17, 15) is 50.5 Å². The van der Waals surface area contributed by atoms with Gasteiger partial charge in [-0.3, -0.25) is 0 Å². The van der Waals surface area contributed by atoms with Crippen LogP contribution in [0.15, 0.2) is 0 Å². The van der Waals surface area contributed by atoms with Crippen LogP contribution in [0.1, 0.15) is 0 Å². The molecule has 0 radical (unpaired) electrons. The van der Waals surface area contributed by atoms with Crippen molar-refractivity contribution in [3.8, 4) is 0 Å². The Balaban J connectivity index is 6.92. The zero-order chi connectivity index (χ0) is 24.1. The molecule has 172 valence electrons.